The lowest BCUT2D eigenvalue weighted by Crippen LogP contribution is -2.30. The highest BCUT2D eigenvalue weighted by molar-refractivity contribution is 9.10. The summed E-state index contributed by atoms with van der Waals surface area (Å²) in [6.45, 7) is 2.26. The summed E-state index contributed by atoms with van der Waals surface area (Å²) in [4.78, 5) is 13.9. The van der Waals surface area contributed by atoms with Crippen LogP contribution in [0.5, 0.6) is 0 Å². The molecule has 140 valence electrons. The van der Waals surface area contributed by atoms with Crippen LogP contribution in [-0.2, 0) is 16.6 Å². The number of anilines is 2. The van der Waals surface area contributed by atoms with E-state index in [9.17, 15) is 13.2 Å². The summed E-state index contributed by atoms with van der Waals surface area (Å²) in [6, 6.07) is 14.1. The quantitative estimate of drug-likeness (QED) is 0.675. The van der Waals surface area contributed by atoms with Crippen LogP contribution in [0.1, 0.15) is 18.9 Å². The second-order valence-electron chi connectivity index (χ2n) is 5.91. The van der Waals surface area contributed by atoms with Gasteiger partial charge in [-0.25, -0.2) is 13.2 Å². The molecule has 0 heterocycles. The van der Waals surface area contributed by atoms with E-state index in [2.05, 4.69) is 26.0 Å². The van der Waals surface area contributed by atoms with Crippen molar-refractivity contribution in [1.29, 1.82) is 0 Å². The number of urea groups is 1. The Hall–Kier alpha value is -2.06. The van der Waals surface area contributed by atoms with E-state index in [4.69, 9.17) is 0 Å². The van der Waals surface area contributed by atoms with Gasteiger partial charge in [0, 0.05) is 23.8 Å². The van der Waals surface area contributed by atoms with Crippen LogP contribution in [0.4, 0.5) is 16.2 Å². The highest BCUT2D eigenvalue weighted by Crippen LogP contribution is 2.18. The Morgan fingerprint density at radius 2 is 1.77 bits per heavy atom. The third-order valence-corrected chi connectivity index (χ3v) is 5.56. The first-order valence-corrected chi connectivity index (χ1v) is 10.6. The Kier molecular flexibility index (Phi) is 7.05. The summed E-state index contributed by atoms with van der Waals surface area (Å²) in [5.74, 6) is 0.0551. The van der Waals surface area contributed by atoms with Gasteiger partial charge in [0.2, 0.25) is 10.0 Å². The molecule has 0 aliphatic carbocycles. The van der Waals surface area contributed by atoms with E-state index in [1.54, 1.807) is 43.1 Å². The lowest BCUT2D eigenvalue weighted by molar-refractivity contribution is 0.220. The maximum absolute atomic E-state index is 12.3. The second-order valence-corrected chi connectivity index (χ2v) is 8.67. The van der Waals surface area contributed by atoms with Crippen molar-refractivity contribution in [3.05, 3.63) is 58.6 Å². The van der Waals surface area contributed by atoms with Crippen molar-refractivity contribution >= 4 is 43.4 Å². The fourth-order valence-electron chi connectivity index (χ4n) is 2.31. The number of hydrogen-bond acceptors (Lipinski definition) is 3. The normalized spacial score (nSPS) is 11.0. The topological polar surface area (TPSA) is 78.5 Å². The molecular weight excluding hydrogens is 418 g/mol. The number of sulfonamides is 1. The van der Waals surface area contributed by atoms with Gasteiger partial charge in [0.15, 0.2) is 0 Å². The molecule has 0 fully saturated rings. The molecule has 0 saturated carbocycles. The van der Waals surface area contributed by atoms with Gasteiger partial charge in [0.1, 0.15) is 0 Å². The number of nitrogens with one attached hydrogen (secondary N) is 2. The molecule has 0 bridgehead atoms. The van der Waals surface area contributed by atoms with E-state index in [0.717, 1.165) is 10.0 Å². The fourth-order valence-corrected chi connectivity index (χ4v) is 3.70. The van der Waals surface area contributed by atoms with E-state index in [-0.39, 0.29) is 11.8 Å². The Morgan fingerprint density at radius 3 is 2.42 bits per heavy atom. The van der Waals surface area contributed by atoms with Crippen LogP contribution in [0.2, 0.25) is 0 Å². The lowest BCUT2D eigenvalue weighted by Gasteiger charge is -2.18. The van der Waals surface area contributed by atoms with Gasteiger partial charge in [-0.1, -0.05) is 41.1 Å². The molecule has 0 unspecified atom stereocenters. The van der Waals surface area contributed by atoms with Crippen molar-refractivity contribution in [3.8, 4) is 0 Å². The van der Waals surface area contributed by atoms with E-state index >= 15 is 0 Å². The van der Waals surface area contributed by atoms with Crippen LogP contribution < -0.4 is 10.0 Å². The molecule has 8 heteroatoms. The van der Waals surface area contributed by atoms with Crippen molar-refractivity contribution in [3.63, 3.8) is 0 Å². The van der Waals surface area contributed by atoms with Crippen LogP contribution >= 0.6 is 15.9 Å². The SMILES string of the molecule is CCCS(=O)(=O)Nc1cccc(NC(=O)N(C)Cc2ccc(Br)cc2)c1. The summed E-state index contributed by atoms with van der Waals surface area (Å²) in [5.41, 5.74) is 1.95. The predicted molar refractivity (Wildman–Crippen MR) is 109 cm³/mol. The van der Waals surface area contributed by atoms with Gasteiger partial charge in [0.25, 0.3) is 0 Å². The Morgan fingerprint density at radius 1 is 1.12 bits per heavy atom. The van der Waals surface area contributed by atoms with Crippen molar-refractivity contribution in [2.24, 2.45) is 0 Å². The standard InChI is InChI=1S/C18H22BrN3O3S/c1-3-11-26(24,25)21-17-6-4-5-16(12-17)20-18(23)22(2)13-14-7-9-15(19)10-8-14/h4-10,12,21H,3,11,13H2,1-2H3,(H,20,23). The number of carbonyl (C=O) groups excluding carboxylic acids is 1. The zero-order valence-corrected chi connectivity index (χ0v) is 17.1. The van der Waals surface area contributed by atoms with Gasteiger partial charge < -0.3 is 10.2 Å². The largest absolute Gasteiger partial charge is 0.323 e. The molecule has 2 amide bonds. The minimum atomic E-state index is -3.37. The van der Waals surface area contributed by atoms with Gasteiger partial charge in [-0.3, -0.25) is 4.72 Å². The Bertz CT molecular complexity index is 854. The van der Waals surface area contributed by atoms with Crippen LogP contribution in [0.25, 0.3) is 0 Å². The highest BCUT2D eigenvalue weighted by Gasteiger charge is 2.12. The maximum atomic E-state index is 12.3. The number of halogens is 1. The zero-order valence-electron chi connectivity index (χ0n) is 14.7. The smallest absolute Gasteiger partial charge is 0.321 e. The van der Waals surface area contributed by atoms with Gasteiger partial charge in [-0.15, -0.1) is 0 Å². The highest BCUT2D eigenvalue weighted by atomic mass is 79.9. The second kappa shape index (κ2) is 9.05. The number of amides is 2. The molecule has 2 rings (SSSR count). The summed E-state index contributed by atoms with van der Waals surface area (Å²) in [6.07, 6.45) is 0.534. The summed E-state index contributed by atoms with van der Waals surface area (Å²) in [7, 11) is -1.67. The minimum absolute atomic E-state index is 0.0551. The zero-order chi connectivity index (χ0) is 19.2. The number of carbonyl (C=O) groups is 1. The van der Waals surface area contributed by atoms with Gasteiger partial charge >= 0.3 is 6.03 Å². The molecule has 0 spiro atoms. The molecule has 6 nitrogen and oxygen atoms in total. The molecule has 2 N–H and O–H groups in total. The third-order valence-electron chi connectivity index (χ3n) is 3.54. The fraction of sp³-hybridized carbons (Fsp3) is 0.278. The molecule has 0 aromatic heterocycles. The maximum Gasteiger partial charge on any atom is 0.321 e. The van der Waals surface area contributed by atoms with Gasteiger partial charge in [0.05, 0.1) is 11.4 Å². The van der Waals surface area contributed by atoms with Crippen LogP contribution in [-0.4, -0.2) is 32.1 Å². The summed E-state index contributed by atoms with van der Waals surface area (Å²) < 4.78 is 27.2. The van der Waals surface area contributed by atoms with Crippen LogP contribution in [0.3, 0.4) is 0 Å². The molecule has 0 aliphatic rings. The van der Waals surface area contributed by atoms with Crippen molar-refractivity contribution in [2.75, 3.05) is 22.8 Å². The van der Waals surface area contributed by atoms with Crippen molar-refractivity contribution in [2.45, 2.75) is 19.9 Å². The first kappa shape index (κ1) is 20.3. The molecular formula is C18H22BrN3O3S. The number of hydrogen-bond donors (Lipinski definition) is 2. The average Bonchev–Trinajstić information content (AvgIpc) is 2.56. The van der Waals surface area contributed by atoms with E-state index in [0.29, 0.717) is 24.3 Å². The molecule has 0 saturated heterocycles. The first-order valence-electron chi connectivity index (χ1n) is 8.16. The average molecular weight is 440 g/mol. The third kappa shape index (κ3) is 6.34. The summed E-state index contributed by atoms with van der Waals surface area (Å²) in [5, 5.41) is 2.77. The van der Waals surface area contributed by atoms with E-state index in [1.165, 1.54) is 0 Å². The number of nitrogens with zero attached hydrogens (tertiary/aromatic N) is 1. The van der Waals surface area contributed by atoms with Gasteiger partial charge in [-0.05, 0) is 42.3 Å². The van der Waals surface area contributed by atoms with E-state index in [1.807, 2.05) is 24.3 Å². The molecule has 0 atom stereocenters. The summed E-state index contributed by atoms with van der Waals surface area (Å²) >= 11 is 3.38. The van der Waals surface area contributed by atoms with E-state index < -0.39 is 10.0 Å². The number of benzene rings is 2. The number of rotatable bonds is 7. The Balaban J connectivity index is 2.00. The molecule has 0 radical (unpaired) electrons. The molecule has 0 aliphatic heterocycles. The minimum Gasteiger partial charge on any atom is -0.323 e. The predicted octanol–water partition coefficient (Wildman–Crippen LogP) is 4.26. The van der Waals surface area contributed by atoms with Crippen molar-refractivity contribution in [1.82, 2.24) is 4.90 Å². The van der Waals surface area contributed by atoms with Crippen LogP contribution in [0.15, 0.2) is 53.0 Å². The monoisotopic (exact) mass is 439 g/mol. The first-order chi connectivity index (χ1) is 12.3. The Labute approximate surface area is 162 Å². The molecule has 2 aromatic rings. The molecule has 2 aromatic carbocycles. The van der Waals surface area contributed by atoms with Gasteiger partial charge in [-0.2, -0.15) is 0 Å². The van der Waals surface area contributed by atoms with Crippen molar-refractivity contribution < 1.29 is 13.2 Å². The molecule has 26 heavy (non-hydrogen) atoms. The lowest BCUT2D eigenvalue weighted by atomic mass is 10.2. The van der Waals surface area contributed by atoms with Crippen LogP contribution in [0, 0.1) is 0 Å².